The molecule has 0 radical (unpaired) electrons. The second kappa shape index (κ2) is 7.32. The van der Waals surface area contributed by atoms with Gasteiger partial charge in [-0.1, -0.05) is 60.7 Å². The molecule has 29 heavy (non-hydrogen) atoms. The van der Waals surface area contributed by atoms with Crippen molar-refractivity contribution >= 4 is 11.0 Å². The van der Waals surface area contributed by atoms with Crippen LogP contribution in [0.5, 0.6) is 0 Å². The number of benzene rings is 2. The van der Waals surface area contributed by atoms with E-state index < -0.39 is 0 Å². The summed E-state index contributed by atoms with van der Waals surface area (Å²) >= 11 is 0. The van der Waals surface area contributed by atoms with Crippen LogP contribution in [-0.2, 0) is 6.54 Å². The molecule has 0 unspecified atom stereocenters. The molecule has 2 aromatic carbocycles. The van der Waals surface area contributed by atoms with E-state index in [1.54, 1.807) is 0 Å². The Morgan fingerprint density at radius 3 is 2.00 bits per heavy atom. The summed E-state index contributed by atoms with van der Waals surface area (Å²) in [4.78, 5) is 9.34. The summed E-state index contributed by atoms with van der Waals surface area (Å²) in [5.74, 6) is 0. The molecule has 0 aliphatic carbocycles. The van der Waals surface area contributed by atoms with Crippen LogP contribution in [0.3, 0.4) is 0 Å². The lowest BCUT2D eigenvalue weighted by molar-refractivity contribution is 0.677. The largest absolute Gasteiger partial charge is 0.265 e. The van der Waals surface area contributed by atoms with E-state index in [0.29, 0.717) is 0 Å². The van der Waals surface area contributed by atoms with Gasteiger partial charge in [0.05, 0.1) is 11.9 Å². The highest BCUT2D eigenvalue weighted by Crippen LogP contribution is 2.42. The van der Waals surface area contributed by atoms with Crippen LogP contribution in [0.15, 0.2) is 91.4 Å². The van der Waals surface area contributed by atoms with E-state index in [2.05, 4.69) is 65.5 Å². The third-order valence-corrected chi connectivity index (χ3v) is 5.16. The van der Waals surface area contributed by atoms with Gasteiger partial charge >= 0.3 is 0 Å². The Morgan fingerprint density at radius 1 is 0.724 bits per heavy atom. The summed E-state index contributed by atoms with van der Waals surface area (Å²) in [6.07, 6.45) is 5.60. The Morgan fingerprint density at radius 2 is 1.34 bits per heavy atom. The van der Waals surface area contributed by atoms with Crippen LogP contribution in [0.2, 0.25) is 0 Å². The third kappa shape index (κ3) is 2.99. The van der Waals surface area contributed by atoms with Crippen molar-refractivity contribution in [2.45, 2.75) is 13.5 Å². The van der Waals surface area contributed by atoms with Crippen molar-refractivity contribution in [1.82, 2.24) is 19.7 Å². The standard InChI is InChI=1S/C25H20N4/c1-2-29-25-21(17-27-29)22(18-9-5-3-6-10-18)23(19-13-15-26-16-14-19)24(28-25)20-11-7-4-8-12-20/h3-17H,2H2,1H3. The summed E-state index contributed by atoms with van der Waals surface area (Å²) < 4.78 is 1.96. The highest BCUT2D eigenvalue weighted by molar-refractivity contribution is 6.06. The average Bonchev–Trinajstić information content (AvgIpc) is 3.22. The first-order valence-corrected chi connectivity index (χ1v) is 9.77. The molecule has 0 amide bonds. The molecule has 0 aliphatic rings. The molecule has 5 aromatic rings. The monoisotopic (exact) mass is 376 g/mol. The van der Waals surface area contributed by atoms with E-state index in [1.807, 2.05) is 47.5 Å². The summed E-state index contributed by atoms with van der Waals surface area (Å²) in [6, 6.07) is 24.9. The predicted octanol–water partition coefficient (Wildman–Crippen LogP) is 5.85. The molecule has 0 aliphatic heterocycles. The lowest BCUT2D eigenvalue weighted by atomic mass is 9.90. The Hall–Kier alpha value is -3.79. The van der Waals surface area contributed by atoms with Gasteiger partial charge in [-0.15, -0.1) is 0 Å². The molecular weight excluding hydrogens is 356 g/mol. The van der Waals surface area contributed by atoms with Crippen LogP contribution in [0, 0.1) is 0 Å². The molecule has 140 valence electrons. The van der Waals surface area contributed by atoms with Gasteiger partial charge in [-0.05, 0) is 30.2 Å². The fourth-order valence-electron chi connectivity index (χ4n) is 3.83. The maximum absolute atomic E-state index is 5.12. The molecule has 0 atom stereocenters. The molecule has 4 nitrogen and oxygen atoms in total. The van der Waals surface area contributed by atoms with E-state index in [9.17, 15) is 0 Å². The van der Waals surface area contributed by atoms with E-state index in [4.69, 9.17) is 4.98 Å². The second-order valence-corrected chi connectivity index (χ2v) is 6.88. The minimum absolute atomic E-state index is 0.771. The molecule has 0 bridgehead atoms. The number of pyridine rings is 2. The molecule has 3 heterocycles. The van der Waals surface area contributed by atoms with Crippen molar-refractivity contribution in [3.05, 3.63) is 91.4 Å². The number of hydrogen-bond acceptors (Lipinski definition) is 3. The Kier molecular flexibility index (Phi) is 4.37. The Balaban J connectivity index is 1.97. The first-order valence-electron chi connectivity index (χ1n) is 9.77. The van der Waals surface area contributed by atoms with E-state index in [-0.39, 0.29) is 0 Å². The zero-order valence-corrected chi connectivity index (χ0v) is 16.2. The normalized spacial score (nSPS) is 11.1. The van der Waals surface area contributed by atoms with Crippen molar-refractivity contribution in [2.24, 2.45) is 0 Å². The van der Waals surface area contributed by atoms with Crippen molar-refractivity contribution in [3.63, 3.8) is 0 Å². The van der Waals surface area contributed by atoms with Gasteiger partial charge in [0.15, 0.2) is 5.65 Å². The first-order chi connectivity index (χ1) is 14.4. The molecular formula is C25H20N4. The zero-order chi connectivity index (χ0) is 19.6. The number of aryl methyl sites for hydroxylation is 1. The van der Waals surface area contributed by atoms with Crippen molar-refractivity contribution in [2.75, 3.05) is 0 Å². The minimum Gasteiger partial charge on any atom is -0.265 e. The molecule has 0 N–H and O–H groups in total. The first kappa shape index (κ1) is 17.3. The zero-order valence-electron chi connectivity index (χ0n) is 16.2. The Labute approximate surface area is 169 Å². The number of rotatable bonds is 4. The summed E-state index contributed by atoms with van der Waals surface area (Å²) in [5, 5.41) is 5.67. The molecule has 0 saturated carbocycles. The van der Waals surface area contributed by atoms with Crippen LogP contribution >= 0.6 is 0 Å². The van der Waals surface area contributed by atoms with Gasteiger partial charge in [-0.2, -0.15) is 5.10 Å². The number of aromatic nitrogens is 4. The topological polar surface area (TPSA) is 43.6 Å². The van der Waals surface area contributed by atoms with Gasteiger partial charge in [0.1, 0.15) is 0 Å². The second-order valence-electron chi connectivity index (χ2n) is 6.88. The van der Waals surface area contributed by atoms with Crippen molar-refractivity contribution in [3.8, 4) is 33.5 Å². The van der Waals surface area contributed by atoms with Crippen LogP contribution < -0.4 is 0 Å². The smallest absolute Gasteiger partial charge is 0.159 e. The van der Waals surface area contributed by atoms with Crippen LogP contribution in [-0.4, -0.2) is 19.7 Å². The van der Waals surface area contributed by atoms with Gasteiger partial charge in [-0.25, -0.2) is 9.67 Å². The molecule has 5 rings (SSSR count). The fourth-order valence-corrected chi connectivity index (χ4v) is 3.83. The predicted molar refractivity (Wildman–Crippen MR) is 117 cm³/mol. The molecule has 0 saturated heterocycles. The highest BCUT2D eigenvalue weighted by Gasteiger charge is 2.21. The quantitative estimate of drug-likeness (QED) is 0.395. The molecule has 4 heteroatoms. The summed E-state index contributed by atoms with van der Waals surface area (Å²) in [6.45, 7) is 2.86. The van der Waals surface area contributed by atoms with E-state index in [0.717, 1.165) is 51.1 Å². The fraction of sp³-hybridized carbons (Fsp3) is 0.0800. The van der Waals surface area contributed by atoms with Gasteiger partial charge in [0.2, 0.25) is 0 Å². The maximum atomic E-state index is 5.12. The van der Waals surface area contributed by atoms with Crippen molar-refractivity contribution < 1.29 is 0 Å². The van der Waals surface area contributed by atoms with Gasteiger partial charge in [-0.3, -0.25) is 4.98 Å². The van der Waals surface area contributed by atoms with Crippen LogP contribution in [0.4, 0.5) is 0 Å². The van der Waals surface area contributed by atoms with E-state index in [1.165, 1.54) is 0 Å². The molecule has 3 aromatic heterocycles. The molecule has 0 fully saturated rings. The van der Waals surface area contributed by atoms with Gasteiger partial charge < -0.3 is 0 Å². The molecule has 0 spiro atoms. The Bertz CT molecular complexity index is 1260. The lowest BCUT2D eigenvalue weighted by Crippen LogP contribution is -2.01. The SMILES string of the molecule is CCn1ncc2c(-c3ccccc3)c(-c3ccncc3)c(-c3ccccc3)nc21. The number of nitrogens with zero attached hydrogens (tertiary/aromatic N) is 4. The maximum Gasteiger partial charge on any atom is 0.159 e. The van der Waals surface area contributed by atoms with Gasteiger partial charge in [0, 0.05) is 41.0 Å². The minimum atomic E-state index is 0.771. The van der Waals surface area contributed by atoms with E-state index >= 15 is 0 Å². The summed E-state index contributed by atoms with van der Waals surface area (Å²) in [5.41, 5.74) is 7.45. The third-order valence-electron chi connectivity index (χ3n) is 5.16. The summed E-state index contributed by atoms with van der Waals surface area (Å²) in [7, 11) is 0. The average molecular weight is 376 g/mol. The lowest BCUT2D eigenvalue weighted by Gasteiger charge is -2.17. The number of hydrogen-bond donors (Lipinski definition) is 0. The highest BCUT2D eigenvalue weighted by atomic mass is 15.3. The van der Waals surface area contributed by atoms with Crippen LogP contribution in [0.25, 0.3) is 44.5 Å². The van der Waals surface area contributed by atoms with Crippen molar-refractivity contribution in [1.29, 1.82) is 0 Å². The van der Waals surface area contributed by atoms with Crippen LogP contribution in [0.1, 0.15) is 6.92 Å². The van der Waals surface area contributed by atoms with Gasteiger partial charge in [0.25, 0.3) is 0 Å². The number of fused-ring (bicyclic) bond motifs is 1.